The van der Waals surface area contributed by atoms with Crippen molar-refractivity contribution < 1.29 is 18.0 Å². The van der Waals surface area contributed by atoms with E-state index in [0.29, 0.717) is 0 Å². The van der Waals surface area contributed by atoms with E-state index in [-0.39, 0.29) is 35.7 Å². The number of rotatable bonds is 2. The van der Waals surface area contributed by atoms with Gasteiger partial charge in [0.25, 0.3) is 0 Å². The summed E-state index contributed by atoms with van der Waals surface area (Å²) in [5, 5.41) is 3.35. The minimum atomic E-state index is -4.32. The molecule has 1 aliphatic carbocycles. The highest BCUT2D eigenvalue weighted by Crippen LogP contribution is 2.59. The fourth-order valence-electron chi connectivity index (χ4n) is 4.81. The Morgan fingerprint density at radius 3 is 2.41 bits per heavy atom. The minimum absolute atomic E-state index is 0. The molecule has 2 heterocycles. The lowest BCUT2D eigenvalue weighted by molar-refractivity contribution is -0.138. The van der Waals surface area contributed by atoms with Crippen LogP contribution >= 0.6 is 12.4 Å². The van der Waals surface area contributed by atoms with Gasteiger partial charge in [0.1, 0.15) is 0 Å². The van der Waals surface area contributed by atoms with E-state index in [1.807, 2.05) is 4.90 Å². The molecular formula is C20H26ClF3N2O. The fraction of sp³-hybridized carbons (Fsp3) is 0.650. The smallest absolute Gasteiger partial charge is 0.335 e. The number of hydrogen-bond acceptors (Lipinski definition) is 2. The Balaban J connectivity index is 0.00000210. The summed E-state index contributed by atoms with van der Waals surface area (Å²) in [6, 6.07) is 5.28. The third kappa shape index (κ3) is 3.97. The first-order valence-corrected chi connectivity index (χ1v) is 9.59. The van der Waals surface area contributed by atoms with Crippen molar-refractivity contribution in [1.82, 2.24) is 10.2 Å². The first-order chi connectivity index (χ1) is 12.4. The van der Waals surface area contributed by atoms with Gasteiger partial charge in [0.2, 0.25) is 5.91 Å². The number of halogens is 4. The summed E-state index contributed by atoms with van der Waals surface area (Å²) in [7, 11) is 0. The molecule has 2 atom stereocenters. The molecule has 7 heteroatoms. The number of carbonyl (C=O) groups is 1. The molecule has 2 saturated heterocycles. The molecule has 2 aliphatic heterocycles. The fourth-order valence-corrected chi connectivity index (χ4v) is 4.81. The molecule has 3 fully saturated rings. The second-order valence-electron chi connectivity index (χ2n) is 8.03. The van der Waals surface area contributed by atoms with Crippen LogP contribution in [0.1, 0.15) is 55.7 Å². The Morgan fingerprint density at radius 1 is 1.11 bits per heavy atom. The van der Waals surface area contributed by atoms with Crippen LogP contribution in [0.4, 0.5) is 13.2 Å². The molecule has 0 radical (unpaired) electrons. The number of nitrogens with zero attached hydrogens (tertiary/aromatic N) is 1. The maximum Gasteiger partial charge on any atom is 0.416 e. The van der Waals surface area contributed by atoms with Crippen LogP contribution in [0.25, 0.3) is 0 Å². The summed E-state index contributed by atoms with van der Waals surface area (Å²) in [5.41, 5.74) is 0.377. The number of benzene rings is 1. The second-order valence-corrected chi connectivity index (χ2v) is 8.03. The minimum Gasteiger partial charge on any atom is -0.335 e. The van der Waals surface area contributed by atoms with Crippen LogP contribution in [0.3, 0.4) is 0 Å². The standard InChI is InChI=1S/C20H25F3N2O.ClH/c21-20(22,23)15-6-4-14(5-7-15)17-3-1-2-12-25(17)18(26)16-13-19(16)8-10-24-11-9-19;/h4-7,16-17,24H,1-3,8-13H2;1H. The van der Waals surface area contributed by atoms with Crippen LogP contribution in [-0.2, 0) is 11.0 Å². The van der Waals surface area contributed by atoms with E-state index >= 15 is 0 Å². The Kier molecular flexibility index (Phi) is 5.78. The van der Waals surface area contributed by atoms with Crippen molar-refractivity contribution in [3.05, 3.63) is 35.4 Å². The lowest BCUT2D eigenvalue weighted by Gasteiger charge is -2.37. The summed E-state index contributed by atoms with van der Waals surface area (Å²) in [6.07, 6.45) is 1.59. The molecule has 1 aromatic rings. The zero-order chi connectivity index (χ0) is 18.4. The van der Waals surface area contributed by atoms with Gasteiger partial charge in [-0.05, 0) is 74.7 Å². The predicted octanol–water partition coefficient (Wildman–Crippen LogP) is 4.57. The number of amides is 1. The zero-order valence-electron chi connectivity index (χ0n) is 15.2. The van der Waals surface area contributed by atoms with E-state index in [1.165, 1.54) is 0 Å². The average Bonchev–Trinajstić information content (AvgIpc) is 3.34. The Morgan fingerprint density at radius 2 is 1.78 bits per heavy atom. The summed E-state index contributed by atoms with van der Waals surface area (Å²) >= 11 is 0. The molecule has 2 unspecified atom stereocenters. The van der Waals surface area contributed by atoms with Crippen LogP contribution < -0.4 is 5.32 Å². The number of nitrogens with one attached hydrogen (secondary N) is 1. The number of likely N-dealkylation sites (tertiary alicyclic amines) is 1. The number of carbonyl (C=O) groups excluding carboxylic acids is 1. The lowest BCUT2D eigenvalue weighted by atomic mass is 9.90. The van der Waals surface area contributed by atoms with Gasteiger partial charge in [0, 0.05) is 12.5 Å². The van der Waals surface area contributed by atoms with E-state index in [4.69, 9.17) is 0 Å². The van der Waals surface area contributed by atoms with E-state index in [2.05, 4.69) is 5.32 Å². The van der Waals surface area contributed by atoms with E-state index in [9.17, 15) is 18.0 Å². The Labute approximate surface area is 164 Å². The highest BCUT2D eigenvalue weighted by atomic mass is 35.5. The van der Waals surface area contributed by atoms with Gasteiger partial charge in [0.15, 0.2) is 0 Å². The van der Waals surface area contributed by atoms with Crippen LogP contribution in [-0.4, -0.2) is 30.4 Å². The van der Waals surface area contributed by atoms with Crippen LogP contribution in [0.5, 0.6) is 0 Å². The monoisotopic (exact) mass is 402 g/mol. The van der Waals surface area contributed by atoms with Gasteiger partial charge in [-0.25, -0.2) is 0 Å². The van der Waals surface area contributed by atoms with Gasteiger partial charge in [-0.15, -0.1) is 12.4 Å². The molecular weight excluding hydrogens is 377 g/mol. The average molecular weight is 403 g/mol. The SMILES string of the molecule is Cl.O=C(C1CC12CCNCC2)N1CCCCC1c1ccc(C(F)(F)F)cc1. The van der Waals surface area contributed by atoms with E-state index in [0.717, 1.165) is 75.9 Å². The van der Waals surface area contributed by atoms with Crippen LogP contribution in [0, 0.1) is 11.3 Å². The first-order valence-electron chi connectivity index (χ1n) is 9.59. The molecule has 1 aromatic carbocycles. The van der Waals surface area contributed by atoms with Gasteiger partial charge in [-0.3, -0.25) is 4.79 Å². The van der Waals surface area contributed by atoms with Crippen molar-refractivity contribution >= 4 is 18.3 Å². The summed E-state index contributed by atoms with van der Waals surface area (Å²) in [6.45, 7) is 2.67. The molecule has 150 valence electrons. The van der Waals surface area contributed by atoms with Crippen molar-refractivity contribution in [2.45, 2.75) is 50.7 Å². The topological polar surface area (TPSA) is 32.3 Å². The zero-order valence-corrected chi connectivity index (χ0v) is 16.0. The molecule has 1 saturated carbocycles. The Hall–Kier alpha value is -1.27. The van der Waals surface area contributed by atoms with E-state index < -0.39 is 11.7 Å². The summed E-state index contributed by atoms with van der Waals surface area (Å²) in [5.74, 6) is 0.330. The predicted molar refractivity (Wildman–Crippen MR) is 99.6 cm³/mol. The third-order valence-corrected chi connectivity index (χ3v) is 6.50. The van der Waals surface area contributed by atoms with Crippen molar-refractivity contribution in [2.75, 3.05) is 19.6 Å². The van der Waals surface area contributed by atoms with E-state index in [1.54, 1.807) is 12.1 Å². The molecule has 0 aromatic heterocycles. The first kappa shape index (κ1) is 20.5. The number of hydrogen-bond donors (Lipinski definition) is 1. The number of alkyl halides is 3. The van der Waals surface area contributed by atoms with Crippen molar-refractivity contribution in [3.63, 3.8) is 0 Å². The maximum atomic E-state index is 13.2. The quantitative estimate of drug-likeness (QED) is 0.785. The lowest BCUT2D eigenvalue weighted by Crippen LogP contribution is -2.41. The molecule has 3 aliphatic rings. The van der Waals surface area contributed by atoms with Crippen LogP contribution in [0.15, 0.2) is 24.3 Å². The molecule has 1 N–H and O–H groups in total. The van der Waals surface area contributed by atoms with Crippen molar-refractivity contribution in [1.29, 1.82) is 0 Å². The molecule has 1 spiro atoms. The molecule has 27 heavy (non-hydrogen) atoms. The maximum absolute atomic E-state index is 13.2. The largest absolute Gasteiger partial charge is 0.416 e. The highest BCUT2D eigenvalue weighted by Gasteiger charge is 2.59. The molecule has 1 amide bonds. The highest BCUT2D eigenvalue weighted by molar-refractivity contribution is 5.85. The second kappa shape index (κ2) is 7.63. The summed E-state index contributed by atoms with van der Waals surface area (Å²) < 4.78 is 38.4. The van der Waals surface area contributed by atoms with Gasteiger partial charge in [0.05, 0.1) is 11.6 Å². The van der Waals surface area contributed by atoms with Crippen LogP contribution in [0.2, 0.25) is 0 Å². The van der Waals surface area contributed by atoms with Gasteiger partial charge < -0.3 is 10.2 Å². The molecule has 0 bridgehead atoms. The van der Waals surface area contributed by atoms with Gasteiger partial charge in [-0.1, -0.05) is 12.1 Å². The molecule has 3 nitrogen and oxygen atoms in total. The number of piperidine rings is 2. The summed E-state index contributed by atoms with van der Waals surface area (Å²) in [4.78, 5) is 15.1. The van der Waals surface area contributed by atoms with Crippen molar-refractivity contribution in [3.8, 4) is 0 Å². The van der Waals surface area contributed by atoms with Crippen molar-refractivity contribution in [2.24, 2.45) is 11.3 Å². The normalized spacial score (nSPS) is 27.1. The van der Waals surface area contributed by atoms with Gasteiger partial charge in [-0.2, -0.15) is 13.2 Å². The van der Waals surface area contributed by atoms with Gasteiger partial charge >= 0.3 is 6.18 Å². The Bertz CT molecular complexity index is 671. The third-order valence-electron chi connectivity index (χ3n) is 6.50. The molecule has 4 rings (SSSR count).